The van der Waals surface area contributed by atoms with Gasteiger partial charge in [-0.15, -0.1) is 0 Å². The Balaban J connectivity index is 2.53. The van der Waals surface area contributed by atoms with E-state index in [0.717, 1.165) is 5.56 Å². The van der Waals surface area contributed by atoms with Gasteiger partial charge in [-0.3, -0.25) is 0 Å². The molecule has 0 saturated heterocycles. The van der Waals surface area contributed by atoms with Crippen molar-refractivity contribution in [2.24, 2.45) is 0 Å². The predicted molar refractivity (Wildman–Crippen MR) is 72.6 cm³/mol. The van der Waals surface area contributed by atoms with Crippen molar-refractivity contribution in [2.45, 2.75) is 20.3 Å². The van der Waals surface area contributed by atoms with E-state index in [-0.39, 0.29) is 17.1 Å². The molecular formula is C13H18O5S. The van der Waals surface area contributed by atoms with Gasteiger partial charge in [0.15, 0.2) is 0 Å². The monoisotopic (exact) mass is 286 g/mol. The number of hydrogen-bond acceptors (Lipinski definition) is 4. The summed E-state index contributed by atoms with van der Waals surface area (Å²) >= 11 is 0. The number of carboxylic acids is 1. The fraction of sp³-hybridized carbons (Fsp3) is 0.462. The number of hydrogen-bond donors (Lipinski definition) is 1. The van der Waals surface area contributed by atoms with Gasteiger partial charge in [-0.2, -0.15) is 0 Å². The van der Waals surface area contributed by atoms with Crippen molar-refractivity contribution in [3.8, 4) is 5.75 Å². The Kier molecular flexibility index (Phi) is 5.35. The molecule has 0 bridgehead atoms. The predicted octanol–water partition coefficient (Wildman–Crippen LogP) is 1.90. The van der Waals surface area contributed by atoms with Gasteiger partial charge in [0.25, 0.3) is 0 Å². The van der Waals surface area contributed by atoms with Gasteiger partial charge >= 0.3 is 5.97 Å². The van der Waals surface area contributed by atoms with Crippen LogP contribution in [0.3, 0.4) is 0 Å². The van der Waals surface area contributed by atoms with Gasteiger partial charge in [-0.1, -0.05) is 6.92 Å². The zero-order chi connectivity index (χ0) is 14.5. The minimum absolute atomic E-state index is 0.107. The standard InChI is InChI=1S/C13H18O5S/c1-3-19(16,17)8-4-7-18-12-6-5-11(13(14)15)9-10(12)2/h5-6,9H,3-4,7-8H2,1-2H3,(H,14,15). The molecule has 0 amide bonds. The summed E-state index contributed by atoms with van der Waals surface area (Å²) in [6.45, 7) is 3.67. The van der Waals surface area contributed by atoms with Crippen LogP contribution < -0.4 is 4.74 Å². The van der Waals surface area contributed by atoms with E-state index >= 15 is 0 Å². The van der Waals surface area contributed by atoms with Gasteiger partial charge in [0.1, 0.15) is 15.6 Å². The molecule has 1 aromatic rings. The molecule has 106 valence electrons. The Labute approximate surface area is 113 Å². The Morgan fingerprint density at radius 1 is 1.37 bits per heavy atom. The lowest BCUT2D eigenvalue weighted by molar-refractivity contribution is 0.0696. The molecule has 0 unspecified atom stereocenters. The van der Waals surface area contributed by atoms with Gasteiger partial charge in [0, 0.05) is 5.75 Å². The summed E-state index contributed by atoms with van der Waals surface area (Å²) in [6.07, 6.45) is 0.427. The second-order valence-corrected chi connectivity index (χ2v) is 6.70. The Hall–Kier alpha value is -1.56. The lowest BCUT2D eigenvalue weighted by atomic mass is 10.1. The first-order valence-corrected chi connectivity index (χ1v) is 7.85. The van der Waals surface area contributed by atoms with Crippen molar-refractivity contribution in [3.63, 3.8) is 0 Å². The lowest BCUT2D eigenvalue weighted by Crippen LogP contribution is -2.12. The molecule has 0 aliphatic heterocycles. The number of aromatic carboxylic acids is 1. The molecule has 0 atom stereocenters. The average Bonchev–Trinajstić information content (AvgIpc) is 2.36. The zero-order valence-corrected chi connectivity index (χ0v) is 11.9. The first-order valence-electron chi connectivity index (χ1n) is 6.03. The van der Waals surface area contributed by atoms with E-state index in [1.807, 2.05) is 0 Å². The van der Waals surface area contributed by atoms with Crippen molar-refractivity contribution >= 4 is 15.8 Å². The third-order valence-electron chi connectivity index (χ3n) is 2.72. The number of carbonyl (C=O) groups is 1. The number of sulfone groups is 1. The number of ether oxygens (including phenoxy) is 1. The molecule has 0 aliphatic carbocycles. The molecule has 5 nitrogen and oxygen atoms in total. The lowest BCUT2D eigenvalue weighted by Gasteiger charge is -2.09. The van der Waals surface area contributed by atoms with Gasteiger partial charge in [-0.05, 0) is 37.1 Å². The molecule has 0 fully saturated rings. The van der Waals surface area contributed by atoms with Crippen LogP contribution in [0, 0.1) is 6.92 Å². The third-order valence-corrected chi connectivity index (χ3v) is 4.51. The molecule has 1 aromatic carbocycles. The highest BCUT2D eigenvalue weighted by molar-refractivity contribution is 7.91. The summed E-state index contributed by atoms with van der Waals surface area (Å²) in [4.78, 5) is 10.8. The molecule has 1 N–H and O–H groups in total. The molecule has 0 saturated carbocycles. The van der Waals surface area contributed by atoms with E-state index in [2.05, 4.69) is 0 Å². The van der Waals surface area contributed by atoms with E-state index in [0.29, 0.717) is 18.8 Å². The molecule has 0 spiro atoms. The number of aryl methyl sites for hydroxylation is 1. The maximum absolute atomic E-state index is 11.3. The molecule has 0 aromatic heterocycles. The fourth-order valence-electron chi connectivity index (χ4n) is 1.55. The van der Waals surface area contributed by atoms with Crippen molar-refractivity contribution < 1.29 is 23.1 Å². The quantitative estimate of drug-likeness (QED) is 0.774. The number of rotatable bonds is 7. The summed E-state index contributed by atoms with van der Waals surface area (Å²) in [5.74, 6) is -0.155. The molecular weight excluding hydrogens is 268 g/mol. The van der Waals surface area contributed by atoms with E-state index in [1.165, 1.54) is 12.1 Å². The highest BCUT2D eigenvalue weighted by Gasteiger charge is 2.08. The maximum atomic E-state index is 11.3. The summed E-state index contributed by atoms with van der Waals surface area (Å²) in [5.41, 5.74) is 0.927. The number of benzene rings is 1. The van der Waals surface area contributed by atoms with Crippen LogP contribution in [0.2, 0.25) is 0 Å². The minimum Gasteiger partial charge on any atom is -0.493 e. The minimum atomic E-state index is -2.96. The van der Waals surface area contributed by atoms with Crippen LogP contribution >= 0.6 is 0 Å². The highest BCUT2D eigenvalue weighted by atomic mass is 32.2. The molecule has 19 heavy (non-hydrogen) atoms. The summed E-state index contributed by atoms with van der Waals surface area (Å²) < 4.78 is 28.0. The first-order chi connectivity index (χ1) is 8.85. The topological polar surface area (TPSA) is 80.7 Å². The van der Waals surface area contributed by atoms with Crippen molar-refractivity contribution in [1.82, 2.24) is 0 Å². The summed E-state index contributed by atoms with van der Waals surface area (Å²) in [5, 5.41) is 8.82. The molecule has 1 rings (SSSR count). The largest absolute Gasteiger partial charge is 0.493 e. The number of carboxylic acid groups (broad SMARTS) is 1. The van der Waals surface area contributed by atoms with E-state index in [4.69, 9.17) is 9.84 Å². The van der Waals surface area contributed by atoms with Crippen LogP contribution in [0.5, 0.6) is 5.75 Å². The van der Waals surface area contributed by atoms with Crippen LogP contribution in [-0.2, 0) is 9.84 Å². The van der Waals surface area contributed by atoms with Crippen molar-refractivity contribution in [1.29, 1.82) is 0 Å². The van der Waals surface area contributed by atoms with Crippen molar-refractivity contribution in [3.05, 3.63) is 29.3 Å². The van der Waals surface area contributed by atoms with Crippen LogP contribution in [0.25, 0.3) is 0 Å². The SMILES string of the molecule is CCS(=O)(=O)CCCOc1ccc(C(=O)O)cc1C. The zero-order valence-electron chi connectivity index (χ0n) is 11.0. The second-order valence-electron chi connectivity index (χ2n) is 4.22. The molecule has 0 radical (unpaired) electrons. The summed E-state index contributed by atoms with van der Waals surface area (Å²) in [7, 11) is -2.96. The van der Waals surface area contributed by atoms with Crippen LogP contribution in [0.1, 0.15) is 29.3 Å². The van der Waals surface area contributed by atoms with E-state index in [9.17, 15) is 13.2 Å². The van der Waals surface area contributed by atoms with Gasteiger partial charge in [0.05, 0.1) is 17.9 Å². The Morgan fingerprint density at radius 3 is 2.58 bits per heavy atom. The third kappa shape index (κ3) is 4.90. The Morgan fingerprint density at radius 2 is 2.05 bits per heavy atom. The normalized spacial score (nSPS) is 11.3. The fourth-order valence-corrected chi connectivity index (χ4v) is 2.40. The second kappa shape index (κ2) is 6.56. The van der Waals surface area contributed by atoms with Gasteiger partial charge < -0.3 is 9.84 Å². The van der Waals surface area contributed by atoms with Crippen LogP contribution in [0.15, 0.2) is 18.2 Å². The highest BCUT2D eigenvalue weighted by Crippen LogP contribution is 2.19. The average molecular weight is 286 g/mol. The smallest absolute Gasteiger partial charge is 0.335 e. The van der Waals surface area contributed by atoms with Crippen LogP contribution in [0.4, 0.5) is 0 Å². The molecule has 6 heteroatoms. The molecule has 0 heterocycles. The maximum Gasteiger partial charge on any atom is 0.335 e. The van der Waals surface area contributed by atoms with Gasteiger partial charge in [0.2, 0.25) is 0 Å². The molecule has 0 aliphatic rings. The van der Waals surface area contributed by atoms with Gasteiger partial charge in [-0.25, -0.2) is 13.2 Å². The van der Waals surface area contributed by atoms with Crippen molar-refractivity contribution in [2.75, 3.05) is 18.1 Å². The first kappa shape index (κ1) is 15.5. The van der Waals surface area contributed by atoms with Crippen LogP contribution in [-0.4, -0.2) is 37.6 Å². The van der Waals surface area contributed by atoms with E-state index in [1.54, 1.807) is 19.9 Å². The van der Waals surface area contributed by atoms with E-state index < -0.39 is 15.8 Å². The summed E-state index contributed by atoms with van der Waals surface area (Å²) in [6, 6.07) is 4.58. The Bertz CT molecular complexity index is 548.